The van der Waals surface area contributed by atoms with Crippen molar-refractivity contribution >= 4 is 27.3 Å². The Morgan fingerprint density at radius 1 is 1.04 bits per heavy atom. The molecule has 2 rings (SSSR count). The fourth-order valence-electron chi connectivity index (χ4n) is 1.61. The normalized spacial score (nSPS) is 11.6. The molecular formula is C13H8ClF4NO3S. The zero-order chi connectivity index (χ0) is 17.2. The second kappa shape index (κ2) is 6.63. The number of ether oxygens (including phenoxy) is 1. The molecule has 0 fully saturated rings. The SMILES string of the molecule is O=S(=O)(Nc1ccc(F)c(F)c1)c1ccc(OC(F)F)c(Cl)c1. The quantitative estimate of drug-likeness (QED) is 0.810. The number of sulfonamides is 1. The van der Waals surface area contributed by atoms with Gasteiger partial charge in [-0.25, -0.2) is 17.2 Å². The lowest BCUT2D eigenvalue weighted by Gasteiger charge is -2.11. The number of anilines is 1. The van der Waals surface area contributed by atoms with E-state index in [9.17, 15) is 26.0 Å². The second-order valence-corrected chi connectivity index (χ2v) is 6.29. The molecule has 23 heavy (non-hydrogen) atoms. The highest BCUT2D eigenvalue weighted by Crippen LogP contribution is 2.29. The summed E-state index contributed by atoms with van der Waals surface area (Å²) in [7, 11) is -4.18. The summed E-state index contributed by atoms with van der Waals surface area (Å²) in [6.07, 6.45) is 0. The van der Waals surface area contributed by atoms with Crippen LogP contribution in [0.5, 0.6) is 5.75 Å². The highest BCUT2D eigenvalue weighted by atomic mass is 35.5. The Hall–Kier alpha value is -2.00. The first-order valence-corrected chi connectivity index (χ1v) is 7.77. The van der Waals surface area contributed by atoms with Crippen LogP contribution in [0.15, 0.2) is 41.3 Å². The van der Waals surface area contributed by atoms with E-state index in [-0.39, 0.29) is 15.6 Å². The van der Waals surface area contributed by atoms with Gasteiger partial charge in [-0.15, -0.1) is 0 Å². The molecule has 0 atom stereocenters. The van der Waals surface area contributed by atoms with Crippen LogP contribution in [-0.4, -0.2) is 15.0 Å². The molecule has 0 bridgehead atoms. The number of alkyl halides is 2. The minimum absolute atomic E-state index is 0.215. The molecule has 0 heterocycles. The van der Waals surface area contributed by atoms with Crippen LogP contribution in [0, 0.1) is 11.6 Å². The Labute approximate surface area is 133 Å². The molecule has 0 saturated carbocycles. The van der Waals surface area contributed by atoms with Gasteiger partial charge in [-0.2, -0.15) is 8.78 Å². The van der Waals surface area contributed by atoms with Crippen molar-refractivity contribution in [2.24, 2.45) is 0 Å². The van der Waals surface area contributed by atoms with Crippen LogP contribution in [0.2, 0.25) is 5.02 Å². The van der Waals surface area contributed by atoms with Crippen LogP contribution >= 0.6 is 11.6 Å². The maximum Gasteiger partial charge on any atom is 0.387 e. The highest BCUT2D eigenvalue weighted by molar-refractivity contribution is 7.92. The third-order valence-corrected chi connectivity index (χ3v) is 4.28. The van der Waals surface area contributed by atoms with Gasteiger partial charge in [0.25, 0.3) is 10.0 Å². The number of benzene rings is 2. The summed E-state index contributed by atoms with van der Waals surface area (Å²) < 4.78 is 80.4. The largest absolute Gasteiger partial charge is 0.433 e. The molecule has 0 radical (unpaired) electrons. The van der Waals surface area contributed by atoms with Gasteiger partial charge in [-0.05, 0) is 30.3 Å². The first-order chi connectivity index (χ1) is 10.7. The van der Waals surface area contributed by atoms with E-state index in [1.165, 1.54) is 0 Å². The number of halogens is 5. The summed E-state index contributed by atoms with van der Waals surface area (Å²) >= 11 is 5.67. The molecule has 0 aromatic heterocycles. The number of nitrogens with one attached hydrogen (secondary N) is 1. The van der Waals surface area contributed by atoms with E-state index in [1.54, 1.807) is 0 Å². The highest BCUT2D eigenvalue weighted by Gasteiger charge is 2.18. The summed E-state index contributed by atoms with van der Waals surface area (Å²) in [6.45, 7) is -3.12. The molecule has 124 valence electrons. The second-order valence-electron chi connectivity index (χ2n) is 4.21. The van der Waals surface area contributed by atoms with Crippen molar-refractivity contribution in [1.29, 1.82) is 0 Å². The lowest BCUT2D eigenvalue weighted by atomic mass is 10.3. The van der Waals surface area contributed by atoms with Gasteiger partial charge in [0.05, 0.1) is 15.6 Å². The average molecular weight is 370 g/mol. The van der Waals surface area contributed by atoms with Gasteiger partial charge in [0.2, 0.25) is 0 Å². The van der Waals surface area contributed by atoms with Crippen molar-refractivity contribution in [3.63, 3.8) is 0 Å². The standard InChI is InChI=1S/C13H8ClF4NO3S/c14-9-6-8(2-4-12(9)22-13(17)18)23(20,21)19-7-1-3-10(15)11(16)5-7/h1-6,13,19H. The Morgan fingerprint density at radius 3 is 2.30 bits per heavy atom. The van der Waals surface area contributed by atoms with Crippen LogP contribution < -0.4 is 9.46 Å². The molecule has 2 aromatic carbocycles. The van der Waals surface area contributed by atoms with Crippen LogP contribution in [0.25, 0.3) is 0 Å². The Kier molecular flexibility index (Phi) is 5.00. The summed E-state index contributed by atoms with van der Waals surface area (Å²) in [4.78, 5) is -0.367. The smallest absolute Gasteiger partial charge is 0.387 e. The van der Waals surface area contributed by atoms with Crippen molar-refractivity contribution < 1.29 is 30.7 Å². The van der Waals surface area contributed by atoms with Crippen LogP contribution in [0.3, 0.4) is 0 Å². The Bertz CT molecular complexity index is 830. The van der Waals surface area contributed by atoms with E-state index in [1.807, 2.05) is 4.72 Å². The molecule has 10 heteroatoms. The maximum atomic E-state index is 13.1. The third-order valence-electron chi connectivity index (χ3n) is 2.60. The summed E-state index contributed by atoms with van der Waals surface area (Å²) in [6, 6.07) is 5.25. The number of rotatable bonds is 5. The van der Waals surface area contributed by atoms with Gasteiger partial charge in [-0.3, -0.25) is 4.72 Å². The average Bonchev–Trinajstić information content (AvgIpc) is 2.44. The molecule has 0 unspecified atom stereocenters. The predicted octanol–water partition coefficient (Wildman–Crippen LogP) is 4.02. The molecule has 0 aliphatic heterocycles. The topological polar surface area (TPSA) is 55.4 Å². The fraction of sp³-hybridized carbons (Fsp3) is 0.0769. The zero-order valence-electron chi connectivity index (χ0n) is 11.1. The van der Waals surface area contributed by atoms with Crippen LogP contribution in [-0.2, 0) is 10.0 Å². The minimum atomic E-state index is -4.18. The first-order valence-electron chi connectivity index (χ1n) is 5.91. The summed E-state index contributed by atoms with van der Waals surface area (Å²) in [5.74, 6) is -2.76. The van der Waals surface area contributed by atoms with E-state index in [0.717, 1.165) is 30.3 Å². The predicted molar refractivity (Wildman–Crippen MR) is 75.3 cm³/mol. The maximum absolute atomic E-state index is 13.1. The zero-order valence-corrected chi connectivity index (χ0v) is 12.6. The molecule has 0 spiro atoms. The van der Waals surface area contributed by atoms with E-state index in [0.29, 0.717) is 6.07 Å². The van der Waals surface area contributed by atoms with E-state index in [2.05, 4.69) is 4.74 Å². The van der Waals surface area contributed by atoms with E-state index < -0.39 is 34.0 Å². The number of hydrogen-bond donors (Lipinski definition) is 1. The van der Waals surface area contributed by atoms with Crippen LogP contribution in [0.4, 0.5) is 23.2 Å². The van der Waals surface area contributed by atoms with Crippen molar-refractivity contribution in [2.45, 2.75) is 11.5 Å². The van der Waals surface area contributed by atoms with Gasteiger partial charge in [0.15, 0.2) is 11.6 Å². The van der Waals surface area contributed by atoms with Gasteiger partial charge < -0.3 is 4.74 Å². The lowest BCUT2D eigenvalue weighted by molar-refractivity contribution is -0.0498. The molecule has 1 N–H and O–H groups in total. The van der Waals surface area contributed by atoms with Crippen molar-refractivity contribution in [2.75, 3.05) is 4.72 Å². The minimum Gasteiger partial charge on any atom is -0.433 e. The molecule has 0 aliphatic rings. The van der Waals surface area contributed by atoms with E-state index >= 15 is 0 Å². The van der Waals surface area contributed by atoms with Gasteiger partial charge in [-0.1, -0.05) is 11.6 Å². The van der Waals surface area contributed by atoms with Crippen LogP contribution in [0.1, 0.15) is 0 Å². The Morgan fingerprint density at radius 2 is 1.74 bits per heavy atom. The van der Waals surface area contributed by atoms with Crippen molar-refractivity contribution in [3.05, 3.63) is 53.1 Å². The summed E-state index contributed by atoms with van der Waals surface area (Å²) in [5.41, 5.74) is -0.215. The number of hydrogen-bond acceptors (Lipinski definition) is 3. The molecular weight excluding hydrogens is 362 g/mol. The molecule has 0 amide bonds. The first kappa shape index (κ1) is 17.4. The summed E-state index contributed by atoms with van der Waals surface area (Å²) in [5, 5.41) is -0.349. The fourth-order valence-corrected chi connectivity index (χ4v) is 2.98. The van der Waals surface area contributed by atoms with Gasteiger partial charge >= 0.3 is 6.61 Å². The third kappa shape index (κ3) is 4.26. The molecule has 0 saturated heterocycles. The van der Waals surface area contributed by atoms with Crippen molar-refractivity contribution in [1.82, 2.24) is 0 Å². The van der Waals surface area contributed by atoms with E-state index in [4.69, 9.17) is 11.6 Å². The van der Waals surface area contributed by atoms with Crippen molar-refractivity contribution in [3.8, 4) is 5.75 Å². The lowest BCUT2D eigenvalue weighted by Crippen LogP contribution is -2.13. The Balaban J connectivity index is 2.28. The molecule has 4 nitrogen and oxygen atoms in total. The monoisotopic (exact) mass is 369 g/mol. The molecule has 0 aliphatic carbocycles. The molecule has 2 aromatic rings. The van der Waals surface area contributed by atoms with Gasteiger partial charge in [0.1, 0.15) is 5.75 Å². The van der Waals surface area contributed by atoms with Gasteiger partial charge in [0, 0.05) is 6.07 Å².